The fourth-order valence-electron chi connectivity index (χ4n) is 1.05. The molecule has 0 aromatic heterocycles. The zero-order valence-corrected chi connectivity index (χ0v) is 6.54. The van der Waals surface area contributed by atoms with Crippen molar-refractivity contribution in [3.8, 4) is 0 Å². The standard InChI is InChI=1S/C9H13N/c1-3-10-9-6-4-5-8(2)7-9/h3-4,6-8H,5H2,1-2H3. The lowest BCUT2D eigenvalue weighted by Crippen LogP contribution is -1.93. The van der Waals surface area contributed by atoms with Crippen molar-refractivity contribution in [3.63, 3.8) is 0 Å². The first kappa shape index (κ1) is 7.26. The summed E-state index contributed by atoms with van der Waals surface area (Å²) in [7, 11) is 0. The molecule has 1 rings (SSSR count). The Bertz CT molecular complexity index is 183. The molecule has 1 atom stereocenters. The maximum Gasteiger partial charge on any atom is 0.0585 e. The van der Waals surface area contributed by atoms with Crippen LogP contribution in [0, 0.1) is 5.92 Å². The molecule has 0 aromatic carbocycles. The summed E-state index contributed by atoms with van der Waals surface area (Å²) in [4.78, 5) is 4.18. The van der Waals surface area contributed by atoms with Crippen molar-refractivity contribution >= 4 is 6.21 Å². The third-order valence-electron chi connectivity index (χ3n) is 1.53. The minimum Gasteiger partial charge on any atom is -0.262 e. The summed E-state index contributed by atoms with van der Waals surface area (Å²) in [6.45, 7) is 4.14. The van der Waals surface area contributed by atoms with Gasteiger partial charge in [0.1, 0.15) is 0 Å². The van der Waals surface area contributed by atoms with Gasteiger partial charge in [-0.05, 0) is 25.3 Å². The molecule has 0 aromatic rings. The van der Waals surface area contributed by atoms with Gasteiger partial charge in [0.05, 0.1) is 5.70 Å². The Morgan fingerprint density at radius 2 is 2.50 bits per heavy atom. The Hall–Kier alpha value is -0.850. The average molecular weight is 135 g/mol. The fourth-order valence-corrected chi connectivity index (χ4v) is 1.05. The lowest BCUT2D eigenvalue weighted by atomic mass is 10.0. The maximum absolute atomic E-state index is 4.18. The molecule has 0 bridgehead atoms. The number of allylic oxidation sites excluding steroid dienone is 3. The molecule has 1 aliphatic rings. The van der Waals surface area contributed by atoms with Gasteiger partial charge in [0.2, 0.25) is 0 Å². The summed E-state index contributed by atoms with van der Waals surface area (Å²) in [6, 6.07) is 0. The second-order valence-electron chi connectivity index (χ2n) is 2.59. The molecule has 0 N–H and O–H groups in total. The first-order valence-electron chi connectivity index (χ1n) is 3.70. The van der Waals surface area contributed by atoms with Gasteiger partial charge in [-0.1, -0.05) is 19.1 Å². The number of nitrogens with zero attached hydrogens (tertiary/aromatic N) is 1. The fraction of sp³-hybridized carbons (Fsp3) is 0.444. The van der Waals surface area contributed by atoms with Crippen LogP contribution >= 0.6 is 0 Å². The van der Waals surface area contributed by atoms with Crippen LogP contribution in [-0.4, -0.2) is 6.21 Å². The summed E-state index contributed by atoms with van der Waals surface area (Å²) in [5.41, 5.74) is 1.10. The van der Waals surface area contributed by atoms with E-state index in [9.17, 15) is 0 Å². The molecular weight excluding hydrogens is 122 g/mol. The Balaban J connectivity index is 2.66. The largest absolute Gasteiger partial charge is 0.262 e. The first-order chi connectivity index (χ1) is 4.83. The van der Waals surface area contributed by atoms with E-state index in [1.807, 2.05) is 13.1 Å². The third-order valence-corrected chi connectivity index (χ3v) is 1.53. The second kappa shape index (κ2) is 3.35. The van der Waals surface area contributed by atoms with E-state index in [-0.39, 0.29) is 0 Å². The SMILES string of the molecule is CC=NC1=CC(C)CC=C1. The smallest absolute Gasteiger partial charge is 0.0585 e. The van der Waals surface area contributed by atoms with E-state index >= 15 is 0 Å². The molecule has 1 nitrogen and oxygen atoms in total. The quantitative estimate of drug-likeness (QED) is 0.490. The molecule has 1 aliphatic carbocycles. The molecule has 0 aliphatic heterocycles. The monoisotopic (exact) mass is 135 g/mol. The van der Waals surface area contributed by atoms with Crippen LogP contribution in [0.4, 0.5) is 0 Å². The number of rotatable bonds is 1. The lowest BCUT2D eigenvalue weighted by molar-refractivity contribution is 0.728. The van der Waals surface area contributed by atoms with Gasteiger partial charge in [-0.15, -0.1) is 0 Å². The first-order valence-corrected chi connectivity index (χ1v) is 3.70. The molecule has 0 amide bonds. The Morgan fingerprint density at radius 1 is 1.70 bits per heavy atom. The van der Waals surface area contributed by atoms with Gasteiger partial charge in [0.15, 0.2) is 0 Å². The van der Waals surface area contributed by atoms with Crippen LogP contribution in [0.15, 0.2) is 28.9 Å². The molecular formula is C9H13N. The van der Waals surface area contributed by atoms with Crippen LogP contribution in [-0.2, 0) is 0 Å². The summed E-state index contributed by atoms with van der Waals surface area (Å²) in [5.74, 6) is 0.656. The van der Waals surface area contributed by atoms with Crippen LogP contribution in [0.1, 0.15) is 20.3 Å². The molecule has 1 heteroatoms. The Labute approximate surface area is 62.2 Å². The van der Waals surface area contributed by atoms with Crippen LogP contribution in [0.3, 0.4) is 0 Å². The van der Waals surface area contributed by atoms with Gasteiger partial charge in [-0.3, -0.25) is 4.99 Å². The predicted octanol–water partition coefficient (Wildman–Crippen LogP) is 2.56. The molecule has 0 saturated heterocycles. The summed E-state index contributed by atoms with van der Waals surface area (Å²) in [6.07, 6.45) is 9.42. The van der Waals surface area contributed by atoms with Crippen molar-refractivity contribution in [1.82, 2.24) is 0 Å². The maximum atomic E-state index is 4.18. The molecule has 54 valence electrons. The van der Waals surface area contributed by atoms with Crippen molar-refractivity contribution < 1.29 is 0 Å². The highest BCUT2D eigenvalue weighted by molar-refractivity contribution is 5.56. The van der Waals surface area contributed by atoms with Gasteiger partial charge in [-0.2, -0.15) is 0 Å². The molecule has 10 heavy (non-hydrogen) atoms. The minimum atomic E-state index is 0.656. The van der Waals surface area contributed by atoms with Gasteiger partial charge < -0.3 is 0 Å². The molecule has 0 fully saturated rings. The summed E-state index contributed by atoms with van der Waals surface area (Å²) in [5, 5.41) is 0. The molecule has 1 unspecified atom stereocenters. The Kier molecular flexibility index (Phi) is 2.43. The molecule has 0 saturated carbocycles. The van der Waals surface area contributed by atoms with E-state index < -0.39 is 0 Å². The van der Waals surface area contributed by atoms with Crippen molar-refractivity contribution in [1.29, 1.82) is 0 Å². The van der Waals surface area contributed by atoms with E-state index in [0.717, 1.165) is 12.1 Å². The van der Waals surface area contributed by atoms with Crippen LogP contribution in [0.2, 0.25) is 0 Å². The predicted molar refractivity (Wildman–Crippen MR) is 45.2 cm³/mol. The molecule has 0 radical (unpaired) electrons. The topological polar surface area (TPSA) is 12.4 Å². The average Bonchev–Trinajstić information content (AvgIpc) is 1.88. The second-order valence-corrected chi connectivity index (χ2v) is 2.59. The van der Waals surface area contributed by atoms with Crippen LogP contribution < -0.4 is 0 Å². The Morgan fingerprint density at radius 3 is 3.10 bits per heavy atom. The van der Waals surface area contributed by atoms with E-state index in [1.54, 1.807) is 0 Å². The number of hydrogen-bond donors (Lipinski definition) is 0. The van der Waals surface area contributed by atoms with Gasteiger partial charge in [-0.25, -0.2) is 0 Å². The van der Waals surface area contributed by atoms with Crippen molar-refractivity contribution in [3.05, 3.63) is 23.9 Å². The minimum absolute atomic E-state index is 0.656. The summed E-state index contributed by atoms with van der Waals surface area (Å²) >= 11 is 0. The van der Waals surface area contributed by atoms with Gasteiger partial charge in [0, 0.05) is 6.21 Å². The van der Waals surface area contributed by atoms with Crippen LogP contribution in [0.25, 0.3) is 0 Å². The van der Waals surface area contributed by atoms with E-state index in [4.69, 9.17) is 0 Å². The third kappa shape index (κ3) is 1.83. The van der Waals surface area contributed by atoms with Crippen molar-refractivity contribution in [2.75, 3.05) is 0 Å². The van der Waals surface area contributed by atoms with E-state index in [1.165, 1.54) is 0 Å². The van der Waals surface area contributed by atoms with Gasteiger partial charge in [0.25, 0.3) is 0 Å². The van der Waals surface area contributed by atoms with Crippen molar-refractivity contribution in [2.45, 2.75) is 20.3 Å². The van der Waals surface area contributed by atoms with Crippen LogP contribution in [0.5, 0.6) is 0 Å². The lowest BCUT2D eigenvalue weighted by Gasteiger charge is -2.07. The highest BCUT2D eigenvalue weighted by Crippen LogP contribution is 2.15. The molecule has 0 heterocycles. The zero-order chi connectivity index (χ0) is 7.40. The van der Waals surface area contributed by atoms with E-state index in [2.05, 4.69) is 30.1 Å². The highest BCUT2D eigenvalue weighted by Gasteiger charge is 2.00. The van der Waals surface area contributed by atoms with Crippen molar-refractivity contribution in [2.24, 2.45) is 10.9 Å². The normalized spacial score (nSPS) is 25.4. The zero-order valence-electron chi connectivity index (χ0n) is 6.54. The van der Waals surface area contributed by atoms with Gasteiger partial charge >= 0.3 is 0 Å². The number of aliphatic imine (C=N–C) groups is 1. The summed E-state index contributed by atoms with van der Waals surface area (Å²) < 4.78 is 0. The van der Waals surface area contributed by atoms with E-state index in [0.29, 0.717) is 5.92 Å². The highest BCUT2D eigenvalue weighted by atomic mass is 14.7. The molecule has 0 spiro atoms. The number of hydrogen-bond acceptors (Lipinski definition) is 1.